The standard InChI is InChI=1S/C21H22Cl2FN3O3/c1-4-27(8-7-21(29)30-12-14(3)28)15-5-6-19(13(2)9-15)25-26-20-11-16(22)18(24)10-17(20)23/h5-6,9-11H,4,7-8,12H2,1-3H3. The molecule has 0 aliphatic rings. The highest BCUT2D eigenvalue weighted by Crippen LogP contribution is 2.33. The van der Waals surface area contributed by atoms with Gasteiger partial charge in [0.25, 0.3) is 0 Å². The molecule has 2 rings (SSSR count). The first-order valence-electron chi connectivity index (χ1n) is 9.28. The summed E-state index contributed by atoms with van der Waals surface area (Å²) in [6.07, 6.45) is 0.172. The Morgan fingerprint density at radius 3 is 2.43 bits per heavy atom. The SMILES string of the molecule is CCN(CCC(=O)OCC(C)=O)c1ccc(N=Nc2cc(Cl)c(F)cc2Cl)c(C)c1. The second-order valence-electron chi connectivity index (χ2n) is 6.58. The van der Waals surface area contributed by atoms with E-state index in [1.807, 2.05) is 30.9 Å². The van der Waals surface area contributed by atoms with Crippen molar-refractivity contribution in [2.24, 2.45) is 10.2 Å². The average molecular weight is 454 g/mol. The van der Waals surface area contributed by atoms with E-state index >= 15 is 0 Å². The van der Waals surface area contributed by atoms with Crippen LogP contribution >= 0.6 is 23.2 Å². The van der Waals surface area contributed by atoms with Crippen LogP contribution < -0.4 is 4.90 Å². The molecule has 0 bridgehead atoms. The number of ether oxygens (including phenoxy) is 1. The van der Waals surface area contributed by atoms with Crippen molar-refractivity contribution in [2.75, 3.05) is 24.6 Å². The van der Waals surface area contributed by atoms with Crippen LogP contribution in [0.3, 0.4) is 0 Å². The number of esters is 1. The zero-order chi connectivity index (χ0) is 22.3. The number of hydrogen-bond acceptors (Lipinski definition) is 6. The Labute approximate surface area is 184 Å². The maximum Gasteiger partial charge on any atom is 0.308 e. The monoisotopic (exact) mass is 453 g/mol. The first-order valence-corrected chi connectivity index (χ1v) is 10.0. The van der Waals surface area contributed by atoms with Crippen molar-refractivity contribution < 1.29 is 18.7 Å². The number of ketones is 1. The third-order valence-electron chi connectivity index (χ3n) is 4.20. The number of anilines is 1. The molecule has 0 heterocycles. The summed E-state index contributed by atoms with van der Waals surface area (Å²) in [7, 11) is 0. The third kappa shape index (κ3) is 6.78. The van der Waals surface area contributed by atoms with E-state index in [9.17, 15) is 14.0 Å². The van der Waals surface area contributed by atoms with Crippen molar-refractivity contribution in [1.29, 1.82) is 0 Å². The molecule has 2 aromatic rings. The summed E-state index contributed by atoms with van der Waals surface area (Å²) in [5.41, 5.74) is 2.66. The van der Waals surface area contributed by atoms with Gasteiger partial charge in [-0.3, -0.25) is 9.59 Å². The Bertz CT molecular complexity index is 967. The molecule has 2 aromatic carbocycles. The molecule has 0 unspecified atom stereocenters. The fraction of sp³-hybridized carbons (Fsp3) is 0.333. The first kappa shape index (κ1) is 23.8. The molecule has 0 aliphatic carbocycles. The van der Waals surface area contributed by atoms with Gasteiger partial charge < -0.3 is 9.64 Å². The van der Waals surface area contributed by atoms with E-state index in [-0.39, 0.29) is 34.5 Å². The largest absolute Gasteiger partial charge is 0.458 e. The number of benzene rings is 2. The molecule has 0 aliphatic heterocycles. The summed E-state index contributed by atoms with van der Waals surface area (Å²) in [5, 5.41) is 8.28. The zero-order valence-corrected chi connectivity index (χ0v) is 18.4. The molecular formula is C21H22Cl2FN3O3. The summed E-state index contributed by atoms with van der Waals surface area (Å²) in [4.78, 5) is 24.6. The van der Waals surface area contributed by atoms with E-state index in [1.165, 1.54) is 13.0 Å². The van der Waals surface area contributed by atoms with Gasteiger partial charge in [-0.2, -0.15) is 5.11 Å². The van der Waals surface area contributed by atoms with E-state index < -0.39 is 11.8 Å². The molecule has 0 fully saturated rings. The molecular weight excluding hydrogens is 432 g/mol. The lowest BCUT2D eigenvalue weighted by Gasteiger charge is -2.23. The molecule has 0 radical (unpaired) electrons. The van der Waals surface area contributed by atoms with Gasteiger partial charge in [0.15, 0.2) is 5.78 Å². The molecule has 0 saturated carbocycles. The predicted molar refractivity (Wildman–Crippen MR) is 116 cm³/mol. The maximum absolute atomic E-state index is 13.4. The first-order chi connectivity index (χ1) is 14.2. The van der Waals surface area contributed by atoms with Crippen molar-refractivity contribution in [2.45, 2.75) is 27.2 Å². The molecule has 30 heavy (non-hydrogen) atoms. The molecule has 0 N–H and O–H groups in total. The van der Waals surface area contributed by atoms with Crippen molar-refractivity contribution in [3.8, 4) is 0 Å². The quantitative estimate of drug-likeness (QED) is 0.257. The van der Waals surface area contributed by atoms with Gasteiger partial charge in [0.1, 0.15) is 18.1 Å². The van der Waals surface area contributed by atoms with E-state index in [1.54, 1.807) is 6.07 Å². The van der Waals surface area contributed by atoms with Crippen LogP contribution in [-0.4, -0.2) is 31.4 Å². The summed E-state index contributed by atoms with van der Waals surface area (Å²) >= 11 is 11.7. The number of halogens is 3. The minimum absolute atomic E-state index is 0.0826. The predicted octanol–water partition coefficient (Wildman–Crippen LogP) is 6.20. The Hall–Kier alpha value is -2.51. The van der Waals surface area contributed by atoms with Gasteiger partial charge >= 0.3 is 5.97 Å². The van der Waals surface area contributed by atoms with Crippen LogP contribution in [0.25, 0.3) is 0 Å². The van der Waals surface area contributed by atoms with E-state index in [4.69, 9.17) is 27.9 Å². The number of rotatable bonds is 9. The Kier molecular flexibility index (Phi) is 8.74. The van der Waals surface area contributed by atoms with E-state index in [0.717, 1.165) is 17.3 Å². The Morgan fingerprint density at radius 2 is 1.80 bits per heavy atom. The van der Waals surface area contributed by atoms with Gasteiger partial charge in [0.05, 0.1) is 22.2 Å². The minimum Gasteiger partial charge on any atom is -0.458 e. The lowest BCUT2D eigenvalue weighted by Crippen LogP contribution is -2.26. The number of carbonyl (C=O) groups excluding carboxylic acids is 2. The van der Waals surface area contributed by atoms with Gasteiger partial charge in [-0.25, -0.2) is 4.39 Å². The number of nitrogens with zero attached hydrogens (tertiary/aromatic N) is 3. The van der Waals surface area contributed by atoms with Gasteiger partial charge in [-0.15, -0.1) is 5.11 Å². The average Bonchev–Trinajstić information content (AvgIpc) is 2.69. The fourth-order valence-corrected chi connectivity index (χ4v) is 2.94. The van der Waals surface area contributed by atoms with Gasteiger partial charge in [0.2, 0.25) is 0 Å². The summed E-state index contributed by atoms with van der Waals surface area (Å²) in [6.45, 7) is 6.16. The van der Waals surface area contributed by atoms with Crippen LogP contribution in [0, 0.1) is 12.7 Å². The lowest BCUT2D eigenvalue weighted by molar-refractivity contribution is -0.147. The van der Waals surface area contributed by atoms with Crippen molar-refractivity contribution in [3.63, 3.8) is 0 Å². The molecule has 0 aromatic heterocycles. The van der Waals surface area contributed by atoms with Crippen molar-refractivity contribution in [1.82, 2.24) is 0 Å². The highest BCUT2D eigenvalue weighted by molar-refractivity contribution is 6.35. The number of aryl methyl sites for hydroxylation is 1. The third-order valence-corrected chi connectivity index (χ3v) is 4.80. The highest BCUT2D eigenvalue weighted by Gasteiger charge is 2.11. The molecule has 160 valence electrons. The summed E-state index contributed by atoms with van der Waals surface area (Å²) in [5.74, 6) is -1.23. The number of hydrogen-bond donors (Lipinski definition) is 0. The maximum atomic E-state index is 13.4. The molecule has 9 heteroatoms. The van der Waals surface area contributed by atoms with Crippen molar-refractivity contribution >= 4 is 52.0 Å². The van der Waals surface area contributed by atoms with E-state index in [2.05, 4.69) is 10.2 Å². The van der Waals surface area contributed by atoms with Crippen LogP contribution in [0.2, 0.25) is 10.0 Å². The molecule has 0 atom stereocenters. The normalized spacial score (nSPS) is 11.0. The van der Waals surface area contributed by atoms with Crippen LogP contribution in [-0.2, 0) is 14.3 Å². The fourth-order valence-electron chi connectivity index (χ4n) is 2.60. The Balaban J connectivity index is 2.08. The summed E-state index contributed by atoms with van der Waals surface area (Å²) in [6, 6.07) is 8.00. The van der Waals surface area contributed by atoms with Crippen LogP contribution in [0.15, 0.2) is 40.6 Å². The second kappa shape index (κ2) is 11.0. The van der Waals surface area contributed by atoms with Crippen LogP contribution in [0.1, 0.15) is 25.8 Å². The Morgan fingerprint density at radius 1 is 1.10 bits per heavy atom. The van der Waals surface area contributed by atoms with Gasteiger partial charge in [-0.1, -0.05) is 23.2 Å². The van der Waals surface area contributed by atoms with Gasteiger partial charge in [-0.05, 0) is 56.7 Å². The number of carbonyl (C=O) groups is 2. The number of azo groups is 1. The molecule has 6 nitrogen and oxygen atoms in total. The highest BCUT2D eigenvalue weighted by atomic mass is 35.5. The molecule has 0 amide bonds. The van der Waals surface area contributed by atoms with Crippen LogP contribution in [0.4, 0.5) is 21.5 Å². The molecule has 0 saturated heterocycles. The van der Waals surface area contributed by atoms with Crippen LogP contribution in [0.5, 0.6) is 0 Å². The van der Waals surface area contributed by atoms with E-state index in [0.29, 0.717) is 18.8 Å². The van der Waals surface area contributed by atoms with Gasteiger partial charge in [0, 0.05) is 18.8 Å². The smallest absolute Gasteiger partial charge is 0.308 e. The summed E-state index contributed by atoms with van der Waals surface area (Å²) < 4.78 is 18.3. The topological polar surface area (TPSA) is 71.3 Å². The second-order valence-corrected chi connectivity index (χ2v) is 7.40. The lowest BCUT2D eigenvalue weighted by atomic mass is 10.1. The molecule has 0 spiro atoms. The van der Waals surface area contributed by atoms with Crippen molar-refractivity contribution in [3.05, 3.63) is 51.8 Å². The zero-order valence-electron chi connectivity index (χ0n) is 16.9. The minimum atomic E-state index is -0.619. The number of Topliss-reactive ketones (excluding diaryl/α,β-unsaturated/α-hetero) is 1.